The van der Waals surface area contributed by atoms with Gasteiger partial charge in [0.15, 0.2) is 0 Å². The Kier molecular flexibility index (Phi) is 9.47. The lowest BCUT2D eigenvalue weighted by Gasteiger charge is -2.20. The molecule has 0 aliphatic carbocycles. The molecule has 0 saturated carbocycles. The Labute approximate surface area is 156 Å². The van der Waals surface area contributed by atoms with Gasteiger partial charge in [0, 0.05) is 26.2 Å². The van der Waals surface area contributed by atoms with Gasteiger partial charge < -0.3 is 9.80 Å². The summed E-state index contributed by atoms with van der Waals surface area (Å²) in [6.07, 6.45) is 7.44. The maximum Gasteiger partial charge on any atom is 0.227 e. The summed E-state index contributed by atoms with van der Waals surface area (Å²) in [4.78, 5) is 28.1. The molecule has 0 aliphatic heterocycles. The average Bonchev–Trinajstić information content (AvgIpc) is 2.63. The lowest BCUT2D eigenvalue weighted by atomic mass is 10.1. The molecule has 0 fully saturated rings. The van der Waals surface area contributed by atoms with E-state index < -0.39 is 0 Å². The van der Waals surface area contributed by atoms with Crippen LogP contribution in [-0.2, 0) is 22.4 Å². The van der Waals surface area contributed by atoms with E-state index in [0.717, 1.165) is 11.1 Å². The van der Waals surface area contributed by atoms with Gasteiger partial charge in [-0.05, 0) is 11.1 Å². The highest BCUT2D eigenvalue weighted by Gasteiger charge is 2.13. The molecule has 0 saturated heterocycles. The first kappa shape index (κ1) is 21.2. The summed E-state index contributed by atoms with van der Waals surface area (Å²) in [5.74, 6) is 0.0496. The number of amides is 2. The monoisotopic (exact) mass is 352 g/mol. The lowest BCUT2D eigenvalue weighted by Crippen LogP contribution is -2.32. The van der Waals surface area contributed by atoms with E-state index in [0.29, 0.717) is 39.0 Å². The fourth-order valence-electron chi connectivity index (χ4n) is 2.53. The molecule has 1 aromatic carbocycles. The number of hydrogen-bond donors (Lipinski definition) is 0. The number of benzene rings is 1. The van der Waals surface area contributed by atoms with Crippen LogP contribution in [0.25, 0.3) is 0 Å². The molecule has 1 rings (SSSR count). The van der Waals surface area contributed by atoms with Crippen molar-refractivity contribution in [1.29, 1.82) is 0 Å². The number of carbonyl (C=O) groups is 2. The minimum atomic E-state index is 0.0248. The summed E-state index contributed by atoms with van der Waals surface area (Å²) in [6.45, 7) is 16.7. The van der Waals surface area contributed by atoms with Crippen molar-refractivity contribution in [2.75, 3.05) is 26.2 Å². The first-order chi connectivity index (χ1) is 12.5. The second kappa shape index (κ2) is 11.6. The van der Waals surface area contributed by atoms with Crippen LogP contribution in [0.4, 0.5) is 0 Å². The zero-order chi connectivity index (χ0) is 19.4. The van der Waals surface area contributed by atoms with Gasteiger partial charge in [-0.25, -0.2) is 0 Å². The van der Waals surface area contributed by atoms with Crippen molar-refractivity contribution in [2.24, 2.45) is 0 Å². The second-order valence-electron chi connectivity index (χ2n) is 5.92. The van der Waals surface area contributed by atoms with Gasteiger partial charge in [-0.15, -0.1) is 26.3 Å². The molecule has 0 unspecified atom stereocenters. The van der Waals surface area contributed by atoms with E-state index in [1.165, 1.54) is 0 Å². The summed E-state index contributed by atoms with van der Waals surface area (Å²) in [5, 5.41) is 0. The van der Waals surface area contributed by atoms with Gasteiger partial charge in [0.1, 0.15) is 0 Å². The number of hydrogen-bond acceptors (Lipinski definition) is 2. The second-order valence-corrected chi connectivity index (χ2v) is 5.92. The fraction of sp³-hybridized carbons (Fsp3) is 0.273. The van der Waals surface area contributed by atoms with Crippen LogP contribution in [0, 0.1) is 0 Å². The van der Waals surface area contributed by atoms with Crippen LogP contribution in [0.1, 0.15) is 11.1 Å². The van der Waals surface area contributed by atoms with Crippen molar-refractivity contribution in [1.82, 2.24) is 9.80 Å². The van der Waals surface area contributed by atoms with Gasteiger partial charge in [0.25, 0.3) is 0 Å². The van der Waals surface area contributed by atoms with Crippen LogP contribution in [0.15, 0.2) is 74.9 Å². The third-order valence-electron chi connectivity index (χ3n) is 3.84. The highest BCUT2D eigenvalue weighted by atomic mass is 16.2. The van der Waals surface area contributed by atoms with Crippen molar-refractivity contribution < 1.29 is 9.59 Å². The molecule has 0 spiro atoms. The van der Waals surface area contributed by atoms with Gasteiger partial charge in [0.2, 0.25) is 11.8 Å². The Balaban J connectivity index is 2.69. The maximum atomic E-state index is 12.3. The molecule has 0 heterocycles. The van der Waals surface area contributed by atoms with Crippen molar-refractivity contribution in [3.8, 4) is 0 Å². The minimum Gasteiger partial charge on any atom is -0.335 e. The molecule has 0 radical (unpaired) electrons. The first-order valence-corrected chi connectivity index (χ1v) is 8.62. The van der Waals surface area contributed by atoms with E-state index in [4.69, 9.17) is 0 Å². The summed E-state index contributed by atoms with van der Waals surface area (Å²) in [7, 11) is 0. The van der Waals surface area contributed by atoms with Crippen molar-refractivity contribution >= 4 is 11.8 Å². The first-order valence-electron chi connectivity index (χ1n) is 8.62. The molecule has 0 aromatic heterocycles. The van der Waals surface area contributed by atoms with Crippen molar-refractivity contribution in [3.05, 3.63) is 86.0 Å². The molecule has 0 N–H and O–H groups in total. The molecule has 26 heavy (non-hydrogen) atoms. The van der Waals surface area contributed by atoms with Gasteiger partial charge in [-0.2, -0.15) is 0 Å². The van der Waals surface area contributed by atoms with E-state index >= 15 is 0 Å². The van der Waals surface area contributed by atoms with Gasteiger partial charge in [-0.3, -0.25) is 9.59 Å². The van der Waals surface area contributed by atoms with Crippen LogP contribution in [-0.4, -0.2) is 47.8 Å². The van der Waals surface area contributed by atoms with Crippen molar-refractivity contribution in [3.63, 3.8) is 0 Å². The maximum absolute atomic E-state index is 12.3. The topological polar surface area (TPSA) is 40.6 Å². The van der Waals surface area contributed by atoms with E-state index in [2.05, 4.69) is 26.3 Å². The lowest BCUT2D eigenvalue weighted by molar-refractivity contribution is -0.130. The smallest absolute Gasteiger partial charge is 0.227 e. The van der Waals surface area contributed by atoms with E-state index in [-0.39, 0.29) is 11.8 Å². The Bertz CT molecular complexity index is 570. The number of nitrogens with zero attached hydrogens (tertiary/aromatic N) is 2. The summed E-state index contributed by atoms with van der Waals surface area (Å²) in [5.41, 5.74) is 1.83. The fourth-order valence-corrected chi connectivity index (χ4v) is 2.53. The summed E-state index contributed by atoms with van der Waals surface area (Å²) < 4.78 is 0. The highest BCUT2D eigenvalue weighted by Crippen LogP contribution is 2.09. The molecule has 4 nitrogen and oxygen atoms in total. The summed E-state index contributed by atoms with van der Waals surface area (Å²) >= 11 is 0. The van der Waals surface area contributed by atoms with E-state index in [1.54, 1.807) is 34.1 Å². The normalized spacial score (nSPS) is 9.85. The number of rotatable bonds is 12. The molecule has 138 valence electrons. The summed E-state index contributed by atoms with van der Waals surface area (Å²) in [6, 6.07) is 7.58. The van der Waals surface area contributed by atoms with Gasteiger partial charge in [0.05, 0.1) is 12.8 Å². The zero-order valence-corrected chi connectivity index (χ0v) is 15.4. The van der Waals surface area contributed by atoms with Gasteiger partial charge >= 0.3 is 0 Å². The molecular weight excluding hydrogens is 324 g/mol. The third kappa shape index (κ3) is 6.93. The molecule has 1 aromatic rings. The molecule has 0 aliphatic rings. The quantitative estimate of drug-likeness (QED) is 0.542. The highest BCUT2D eigenvalue weighted by molar-refractivity contribution is 5.80. The molecule has 0 bridgehead atoms. The predicted molar refractivity (Wildman–Crippen MR) is 108 cm³/mol. The van der Waals surface area contributed by atoms with Crippen LogP contribution >= 0.6 is 0 Å². The van der Waals surface area contributed by atoms with Crippen LogP contribution in [0.5, 0.6) is 0 Å². The van der Waals surface area contributed by atoms with E-state index in [1.807, 2.05) is 24.3 Å². The molecular formula is C22H28N2O2. The Morgan fingerprint density at radius 3 is 1.15 bits per heavy atom. The Morgan fingerprint density at radius 2 is 0.923 bits per heavy atom. The number of carbonyl (C=O) groups excluding carboxylic acids is 2. The van der Waals surface area contributed by atoms with E-state index in [9.17, 15) is 9.59 Å². The van der Waals surface area contributed by atoms with Crippen LogP contribution in [0.2, 0.25) is 0 Å². The molecule has 0 atom stereocenters. The standard InChI is InChI=1S/C22H28N2O2/c1-5-13-23(14-6-2)21(25)17-19-9-11-20(12-10-19)18-22(26)24(15-7-3)16-8-4/h5-12H,1-4,13-18H2. The Morgan fingerprint density at radius 1 is 0.654 bits per heavy atom. The van der Waals surface area contributed by atoms with Gasteiger partial charge in [-0.1, -0.05) is 48.6 Å². The molecule has 4 heteroatoms. The van der Waals surface area contributed by atoms with Crippen LogP contribution < -0.4 is 0 Å². The third-order valence-corrected chi connectivity index (χ3v) is 3.84. The predicted octanol–water partition coefficient (Wildman–Crippen LogP) is 3.17. The van der Waals surface area contributed by atoms with Crippen molar-refractivity contribution in [2.45, 2.75) is 12.8 Å². The SMILES string of the molecule is C=CCN(CC=C)C(=O)Cc1ccc(CC(=O)N(CC=C)CC=C)cc1. The zero-order valence-electron chi connectivity index (χ0n) is 15.4. The minimum absolute atomic E-state index is 0.0248. The Hall–Kier alpha value is -2.88. The largest absolute Gasteiger partial charge is 0.335 e. The average molecular weight is 352 g/mol. The van der Waals surface area contributed by atoms with Crippen LogP contribution in [0.3, 0.4) is 0 Å². The molecule has 2 amide bonds.